The van der Waals surface area contributed by atoms with E-state index in [1.54, 1.807) is 0 Å². The summed E-state index contributed by atoms with van der Waals surface area (Å²) in [6, 6.07) is 0.0374. The Kier molecular flexibility index (Phi) is 4.17. The molecular formula is C17H29N3O3. The maximum absolute atomic E-state index is 13.2. The molecule has 2 aliphatic heterocycles. The van der Waals surface area contributed by atoms with Crippen molar-refractivity contribution in [1.82, 2.24) is 10.2 Å². The van der Waals surface area contributed by atoms with Crippen LogP contribution < -0.4 is 11.1 Å². The van der Waals surface area contributed by atoms with Crippen LogP contribution in [-0.4, -0.2) is 54.1 Å². The molecule has 3 fully saturated rings. The second kappa shape index (κ2) is 5.74. The van der Waals surface area contributed by atoms with Crippen molar-refractivity contribution in [3.05, 3.63) is 0 Å². The van der Waals surface area contributed by atoms with E-state index in [0.717, 1.165) is 38.8 Å². The summed E-state index contributed by atoms with van der Waals surface area (Å²) < 4.78 is 5.89. The van der Waals surface area contributed by atoms with Gasteiger partial charge in [-0.1, -0.05) is 13.8 Å². The van der Waals surface area contributed by atoms with E-state index in [4.69, 9.17) is 10.5 Å². The lowest BCUT2D eigenvalue weighted by Crippen LogP contribution is -2.82. The fourth-order valence-electron chi connectivity index (χ4n) is 4.84. The van der Waals surface area contributed by atoms with E-state index in [2.05, 4.69) is 5.32 Å². The van der Waals surface area contributed by atoms with Gasteiger partial charge in [-0.25, -0.2) is 0 Å². The quantitative estimate of drug-likeness (QED) is 0.781. The van der Waals surface area contributed by atoms with Gasteiger partial charge in [0.25, 0.3) is 0 Å². The lowest BCUT2D eigenvalue weighted by atomic mass is 9.46. The number of fused-ring (bicyclic) bond motifs is 1. The number of rotatable bonds is 2. The zero-order chi connectivity index (χ0) is 16.8. The van der Waals surface area contributed by atoms with Crippen molar-refractivity contribution in [3.63, 3.8) is 0 Å². The molecule has 0 radical (unpaired) electrons. The number of ether oxygens (including phenoxy) is 1. The molecule has 2 heterocycles. The van der Waals surface area contributed by atoms with Crippen molar-refractivity contribution in [2.75, 3.05) is 19.7 Å². The van der Waals surface area contributed by atoms with Gasteiger partial charge in [0.05, 0.1) is 6.10 Å². The molecule has 0 aromatic carbocycles. The predicted molar refractivity (Wildman–Crippen MR) is 86.6 cm³/mol. The van der Waals surface area contributed by atoms with Gasteiger partial charge in [-0.05, 0) is 25.7 Å². The highest BCUT2D eigenvalue weighted by Crippen LogP contribution is 2.58. The lowest BCUT2D eigenvalue weighted by molar-refractivity contribution is -0.230. The van der Waals surface area contributed by atoms with Gasteiger partial charge in [-0.3, -0.25) is 9.59 Å². The first-order valence-electron chi connectivity index (χ1n) is 8.75. The van der Waals surface area contributed by atoms with E-state index in [9.17, 15) is 9.59 Å². The largest absolute Gasteiger partial charge is 0.377 e. The molecule has 0 aromatic rings. The van der Waals surface area contributed by atoms with Crippen LogP contribution in [0.3, 0.4) is 0 Å². The van der Waals surface area contributed by atoms with Crippen molar-refractivity contribution in [2.24, 2.45) is 17.1 Å². The molecular weight excluding hydrogens is 294 g/mol. The molecule has 3 rings (SSSR count). The molecule has 4 atom stereocenters. The molecule has 6 nitrogen and oxygen atoms in total. The summed E-state index contributed by atoms with van der Waals surface area (Å²) in [6.07, 6.45) is 3.83. The number of nitrogens with zero attached hydrogens (tertiary/aromatic N) is 1. The van der Waals surface area contributed by atoms with Crippen molar-refractivity contribution in [3.8, 4) is 0 Å². The van der Waals surface area contributed by atoms with Crippen LogP contribution in [0.2, 0.25) is 0 Å². The van der Waals surface area contributed by atoms with Gasteiger partial charge in [0.1, 0.15) is 5.54 Å². The van der Waals surface area contributed by atoms with Gasteiger partial charge in [-0.2, -0.15) is 0 Å². The van der Waals surface area contributed by atoms with Gasteiger partial charge in [0, 0.05) is 44.0 Å². The van der Waals surface area contributed by atoms with Gasteiger partial charge >= 0.3 is 0 Å². The summed E-state index contributed by atoms with van der Waals surface area (Å²) in [4.78, 5) is 26.4. The standard InChI is InChI=1S/C17H29N3O3/c1-11(21)19-12-6-4-8-20(10-12)15(22)17(18)13-7-5-9-23-14(13)16(17,2)3/h12-14H,4-10,18H2,1-3H3,(H,19,21). The van der Waals surface area contributed by atoms with Crippen LogP contribution >= 0.6 is 0 Å². The van der Waals surface area contributed by atoms with Crippen LogP contribution in [-0.2, 0) is 14.3 Å². The molecule has 23 heavy (non-hydrogen) atoms. The zero-order valence-electron chi connectivity index (χ0n) is 14.4. The van der Waals surface area contributed by atoms with Crippen LogP contribution in [0.15, 0.2) is 0 Å². The fraction of sp³-hybridized carbons (Fsp3) is 0.882. The normalized spacial score (nSPS) is 39.1. The Morgan fingerprint density at radius 2 is 2.00 bits per heavy atom. The summed E-state index contributed by atoms with van der Waals surface area (Å²) in [7, 11) is 0. The molecule has 0 bridgehead atoms. The van der Waals surface area contributed by atoms with Gasteiger partial charge in [-0.15, -0.1) is 0 Å². The third-order valence-corrected chi connectivity index (χ3v) is 6.15. The van der Waals surface area contributed by atoms with Crippen molar-refractivity contribution < 1.29 is 14.3 Å². The number of carbonyl (C=O) groups is 2. The minimum atomic E-state index is -0.851. The summed E-state index contributed by atoms with van der Waals surface area (Å²) >= 11 is 0. The van der Waals surface area contributed by atoms with Gasteiger partial charge < -0.3 is 20.7 Å². The SMILES string of the molecule is CC(=O)NC1CCCN(C(=O)C2(N)C3CCCOC3C2(C)C)C1. The van der Waals surface area contributed by atoms with E-state index in [0.29, 0.717) is 6.54 Å². The third-order valence-electron chi connectivity index (χ3n) is 6.15. The Balaban J connectivity index is 1.75. The Labute approximate surface area is 138 Å². The number of likely N-dealkylation sites (tertiary alicyclic amines) is 1. The summed E-state index contributed by atoms with van der Waals surface area (Å²) in [5, 5.41) is 2.93. The molecule has 0 aromatic heterocycles. The third kappa shape index (κ3) is 2.47. The maximum Gasteiger partial charge on any atom is 0.243 e. The number of hydrogen-bond acceptors (Lipinski definition) is 4. The van der Waals surface area contributed by atoms with Crippen LogP contribution in [0.25, 0.3) is 0 Å². The fourth-order valence-corrected chi connectivity index (χ4v) is 4.84. The predicted octanol–water partition coefficient (Wildman–Crippen LogP) is 0.646. The van der Waals surface area contributed by atoms with E-state index in [1.165, 1.54) is 6.92 Å². The first-order valence-corrected chi connectivity index (χ1v) is 8.75. The highest BCUT2D eigenvalue weighted by molar-refractivity contribution is 5.89. The first-order chi connectivity index (χ1) is 10.8. The number of piperidine rings is 1. The Hall–Kier alpha value is -1.14. The number of nitrogens with one attached hydrogen (secondary N) is 1. The number of nitrogens with two attached hydrogens (primary N) is 1. The van der Waals surface area contributed by atoms with E-state index < -0.39 is 5.54 Å². The average Bonchev–Trinajstić information content (AvgIpc) is 2.53. The molecule has 2 amide bonds. The molecule has 1 aliphatic carbocycles. The highest BCUT2D eigenvalue weighted by Gasteiger charge is 2.70. The summed E-state index contributed by atoms with van der Waals surface area (Å²) in [5.74, 6) is 0.0978. The van der Waals surface area contributed by atoms with Crippen LogP contribution in [0.4, 0.5) is 0 Å². The number of carbonyl (C=O) groups excluding carboxylic acids is 2. The molecule has 130 valence electrons. The van der Waals surface area contributed by atoms with Crippen LogP contribution in [0.5, 0.6) is 0 Å². The molecule has 4 unspecified atom stereocenters. The monoisotopic (exact) mass is 323 g/mol. The molecule has 0 spiro atoms. The van der Waals surface area contributed by atoms with Crippen molar-refractivity contribution >= 4 is 11.8 Å². The van der Waals surface area contributed by atoms with Crippen LogP contribution in [0, 0.1) is 11.3 Å². The minimum absolute atomic E-state index is 0.0318. The molecule has 6 heteroatoms. The molecule has 3 N–H and O–H groups in total. The number of amides is 2. The Morgan fingerprint density at radius 3 is 2.70 bits per heavy atom. The van der Waals surface area contributed by atoms with E-state index >= 15 is 0 Å². The van der Waals surface area contributed by atoms with E-state index in [-0.39, 0.29) is 35.3 Å². The van der Waals surface area contributed by atoms with Crippen molar-refractivity contribution in [1.29, 1.82) is 0 Å². The van der Waals surface area contributed by atoms with Crippen molar-refractivity contribution in [2.45, 2.75) is 64.1 Å². The molecule has 1 saturated carbocycles. The van der Waals surface area contributed by atoms with Crippen LogP contribution in [0.1, 0.15) is 46.5 Å². The molecule has 2 saturated heterocycles. The smallest absolute Gasteiger partial charge is 0.243 e. The van der Waals surface area contributed by atoms with Gasteiger partial charge in [0.2, 0.25) is 11.8 Å². The lowest BCUT2D eigenvalue weighted by Gasteiger charge is -2.66. The summed E-state index contributed by atoms with van der Waals surface area (Å²) in [5.41, 5.74) is 5.50. The van der Waals surface area contributed by atoms with E-state index in [1.807, 2.05) is 18.7 Å². The average molecular weight is 323 g/mol. The first kappa shape index (κ1) is 16.7. The Bertz CT molecular complexity index is 507. The maximum atomic E-state index is 13.2. The summed E-state index contributed by atoms with van der Waals surface area (Å²) in [6.45, 7) is 7.67. The second-order valence-electron chi connectivity index (χ2n) is 7.92. The van der Waals surface area contributed by atoms with Gasteiger partial charge in [0.15, 0.2) is 0 Å². The topological polar surface area (TPSA) is 84.7 Å². The number of hydrogen-bond donors (Lipinski definition) is 2. The molecule has 3 aliphatic rings. The second-order valence-corrected chi connectivity index (χ2v) is 7.92. The highest BCUT2D eigenvalue weighted by atomic mass is 16.5. The zero-order valence-corrected chi connectivity index (χ0v) is 14.4. The minimum Gasteiger partial charge on any atom is -0.377 e. The Morgan fingerprint density at radius 1 is 1.26 bits per heavy atom.